The molecule has 4 unspecified atom stereocenters. The van der Waals surface area contributed by atoms with E-state index in [0.29, 0.717) is 23.7 Å². The number of hydrogen-bond acceptors (Lipinski definition) is 5. The second-order valence-electron chi connectivity index (χ2n) is 8.53. The molecule has 4 aliphatic rings. The lowest BCUT2D eigenvalue weighted by molar-refractivity contribution is -0.135. The second-order valence-corrected chi connectivity index (χ2v) is 9.45. The molecule has 2 aromatic carbocycles. The SMILES string of the molecule is COc1cccc(N2C(=O)C3C4CCCN4C4(C(=O)Nc5ccc(Br)cc54)C3C2=O)c1. The van der Waals surface area contributed by atoms with E-state index >= 15 is 0 Å². The number of nitrogens with one attached hydrogen (secondary N) is 1. The summed E-state index contributed by atoms with van der Waals surface area (Å²) >= 11 is 3.52. The zero-order valence-corrected chi connectivity index (χ0v) is 18.4. The van der Waals surface area contributed by atoms with E-state index in [1.54, 1.807) is 31.4 Å². The Hall–Kier alpha value is -2.71. The van der Waals surface area contributed by atoms with E-state index in [9.17, 15) is 14.4 Å². The summed E-state index contributed by atoms with van der Waals surface area (Å²) in [4.78, 5) is 44.5. The molecule has 0 aromatic heterocycles. The molecular weight excluding hydrogens is 462 g/mol. The van der Waals surface area contributed by atoms with Crippen LogP contribution in [0, 0.1) is 11.8 Å². The Bertz CT molecular complexity index is 1170. The summed E-state index contributed by atoms with van der Waals surface area (Å²) in [6, 6.07) is 12.5. The van der Waals surface area contributed by atoms with Crippen LogP contribution in [0.25, 0.3) is 0 Å². The molecule has 31 heavy (non-hydrogen) atoms. The van der Waals surface area contributed by atoms with Crippen molar-refractivity contribution < 1.29 is 19.1 Å². The van der Waals surface area contributed by atoms with Gasteiger partial charge in [-0.3, -0.25) is 19.3 Å². The minimum Gasteiger partial charge on any atom is -0.497 e. The number of nitrogens with zero attached hydrogens (tertiary/aromatic N) is 2. The lowest BCUT2D eigenvalue weighted by Crippen LogP contribution is -2.54. The average Bonchev–Trinajstić information content (AvgIpc) is 3.46. The molecule has 7 nitrogen and oxygen atoms in total. The van der Waals surface area contributed by atoms with Gasteiger partial charge in [-0.05, 0) is 49.7 Å². The molecule has 6 rings (SSSR count). The molecule has 0 radical (unpaired) electrons. The van der Waals surface area contributed by atoms with Crippen molar-refractivity contribution in [3.63, 3.8) is 0 Å². The van der Waals surface area contributed by atoms with Gasteiger partial charge in [-0.2, -0.15) is 0 Å². The Labute approximate surface area is 187 Å². The van der Waals surface area contributed by atoms with Gasteiger partial charge in [-0.15, -0.1) is 0 Å². The summed E-state index contributed by atoms with van der Waals surface area (Å²) in [5, 5.41) is 2.99. The highest BCUT2D eigenvalue weighted by Crippen LogP contribution is 2.60. The van der Waals surface area contributed by atoms with E-state index in [-0.39, 0.29) is 23.8 Å². The van der Waals surface area contributed by atoms with Crippen LogP contribution in [0.15, 0.2) is 46.9 Å². The molecule has 3 fully saturated rings. The summed E-state index contributed by atoms with van der Waals surface area (Å²) in [5.74, 6) is -1.49. The number of halogens is 1. The molecule has 1 spiro atoms. The summed E-state index contributed by atoms with van der Waals surface area (Å²) in [6.07, 6.45) is 1.69. The lowest BCUT2D eigenvalue weighted by atomic mass is 9.75. The van der Waals surface area contributed by atoms with Gasteiger partial charge in [0.05, 0.1) is 24.6 Å². The molecule has 0 bridgehead atoms. The third-order valence-electron chi connectivity index (χ3n) is 7.27. The van der Waals surface area contributed by atoms with Crippen LogP contribution < -0.4 is 15.0 Å². The van der Waals surface area contributed by atoms with Crippen molar-refractivity contribution in [1.82, 2.24) is 4.90 Å². The minimum absolute atomic E-state index is 0.132. The van der Waals surface area contributed by atoms with Gasteiger partial charge in [0.2, 0.25) is 17.7 Å². The predicted molar refractivity (Wildman–Crippen MR) is 117 cm³/mol. The van der Waals surface area contributed by atoms with Crippen molar-refractivity contribution in [2.75, 3.05) is 23.9 Å². The van der Waals surface area contributed by atoms with Crippen LogP contribution >= 0.6 is 15.9 Å². The van der Waals surface area contributed by atoms with Crippen LogP contribution in [0.5, 0.6) is 5.75 Å². The first-order valence-electron chi connectivity index (χ1n) is 10.4. The Kier molecular flexibility index (Phi) is 3.92. The number of methoxy groups -OCH3 is 1. The van der Waals surface area contributed by atoms with Gasteiger partial charge < -0.3 is 10.1 Å². The van der Waals surface area contributed by atoms with Gasteiger partial charge >= 0.3 is 0 Å². The standard InChI is InChI=1S/C23H20BrN3O4/c1-31-14-5-2-4-13(11-14)27-20(28)18-17-6-3-9-26(17)23(19(18)21(27)29)15-10-12(24)7-8-16(15)25-22(23)30/h2,4-5,7-8,10-11,17-19H,3,6,9H2,1H3,(H,25,30). The Morgan fingerprint density at radius 2 is 1.97 bits per heavy atom. The molecule has 2 aromatic rings. The maximum Gasteiger partial charge on any atom is 0.250 e. The van der Waals surface area contributed by atoms with Crippen LogP contribution in [0.4, 0.5) is 11.4 Å². The molecule has 1 N–H and O–H groups in total. The van der Waals surface area contributed by atoms with Gasteiger partial charge in [-0.1, -0.05) is 22.0 Å². The van der Waals surface area contributed by atoms with Crippen molar-refractivity contribution >= 4 is 45.0 Å². The predicted octanol–water partition coefficient (Wildman–Crippen LogP) is 2.89. The second kappa shape index (κ2) is 6.40. The van der Waals surface area contributed by atoms with Crippen LogP contribution in [-0.2, 0) is 19.9 Å². The van der Waals surface area contributed by atoms with E-state index in [2.05, 4.69) is 26.1 Å². The van der Waals surface area contributed by atoms with Crippen molar-refractivity contribution in [2.24, 2.45) is 11.8 Å². The summed E-state index contributed by atoms with van der Waals surface area (Å²) in [6.45, 7) is 0.691. The first-order chi connectivity index (χ1) is 15.0. The Balaban J connectivity index is 1.55. The maximum atomic E-state index is 13.9. The van der Waals surface area contributed by atoms with E-state index < -0.39 is 17.4 Å². The number of ether oxygens (including phenoxy) is 1. The first-order valence-corrected chi connectivity index (χ1v) is 11.2. The Morgan fingerprint density at radius 1 is 1.13 bits per heavy atom. The van der Waals surface area contributed by atoms with Gasteiger partial charge in [0.1, 0.15) is 11.3 Å². The summed E-state index contributed by atoms with van der Waals surface area (Å²) in [5.41, 5.74) is 0.807. The fraction of sp³-hybridized carbons (Fsp3) is 0.348. The minimum atomic E-state index is -1.16. The molecule has 0 saturated carbocycles. The van der Waals surface area contributed by atoms with Crippen LogP contribution in [0.3, 0.4) is 0 Å². The molecule has 3 saturated heterocycles. The highest BCUT2D eigenvalue weighted by atomic mass is 79.9. The first kappa shape index (κ1) is 19.0. The van der Waals surface area contributed by atoms with Crippen molar-refractivity contribution in [3.05, 3.63) is 52.5 Å². The number of anilines is 2. The third-order valence-corrected chi connectivity index (χ3v) is 7.76. The van der Waals surface area contributed by atoms with Crippen molar-refractivity contribution in [2.45, 2.75) is 24.4 Å². The van der Waals surface area contributed by atoms with Gasteiger partial charge in [0.15, 0.2) is 0 Å². The summed E-state index contributed by atoms with van der Waals surface area (Å²) in [7, 11) is 1.55. The number of fused-ring (bicyclic) bond motifs is 7. The zero-order valence-electron chi connectivity index (χ0n) is 16.8. The smallest absolute Gasteiger partial charge is 0.250 e. The number of benzene rings is 2. The fourth-order valence-electron chi connectivity index (χ4n) is 6.18. The molecule has 3 amide bonds. The van der Waals surface area contributed by atoms with Crippen molar-refractivity contribution in [1.29, 1.82) is 0 Å². The van der Waals surface area contributed by atoms with Crippen LogP contribution in [0.1, 0.15) is 18.4 Å². The zero-order chi connectivity index (χ0) is 21.5. The molecule has 8 heteroatoms. The van der Waals surface area contributed by atoms with Gasteiger partial charge in [-0.25, -0.2) is 4.90 Å². The molecule has 158 valence electrons. The molecule has 4 atom stereocenters. The number of carbonyl (C=O) groups excluding carboxylic acids is 3. The van der Waals surface area contributed by atoms with E-state index in [4.69, 9.17) is 4.74 Å². The monoisotopic (exact) mass is 481 g/mol. The quantitative estimate of drug-likeness (QED) is 0.667. The summed E-state index contributed by atoms with van der Waals surface area (Å²) < 4.78 is 6.13. The molecule has 0 aliphatic carbocycles. The highest BCUT2D eigenvalue weighted by Gasteiger charge is 2.74. The van der Waals surface area contributed by atoms with Crippen LogP contribution in [-0.4, -0.2) is 42.3 Å². The number of carbonyl (C=O) groups is 3. The number of imide groups is 1. The number of hydrogen-bond donors (Lipinski definition) is 1. The average molecular weight is 482 g/mol. The van der Waals surface area contributed by atoms with Crippen LogP contribution in [0.2, 0.25) is 0 Å². The van der Waals surface area contributed by atoms with E-state index in [0.717, 1.165) is 22.9 Å². The highest BCUT2D eigenvalue weighted by molar-refractivity contribution is 9.10. The lowest BCUT2D eigenvalue weighted by Gasteiger charge is -2.36. The van der Waals surface area contributed by atoms with Gasteiger partial charge in [0.25, 0.3) is 0 Å². The molecule has 4 heterocycles. The Morgan fingerprint density at radius 3 is 2.77 bits per heavy atom. The van der Waals surface area contributed by atoms with E-state index in [1.807, 2.05) is 18.2 Å². The van der Waals surface area contributed by atoms with E-state index in [1.165, 1.54) is 4.90 Å². The molecular formula is C23H20BrN3O4. The maximum absolute atomic E-state index is 13.9. The van der Waals surface area contributed by atoms with Gasteiger partial charge in [0, 0.05) is 27.8 Å². The normalized spacial score (nSPS) is 31.2. The number of amides is 3. The molecule has 4 aliphatic heterocycles. The topological polar surface area (TPSA) is 79.0 Å². The fourth-order valence-corrected chi connectivity index (χ4v) is 6.54. The largest absolute Gasteiger partial charge is 0.497 e. The number of rotatable bonds is 2. The third kappa shape index (κ3) is 2.24. The van der Waals surface area contributed by atoms with Crippen molar-refractivity contribution in [3.8, 4) is 5.75 Å².